The number of pyridine rings is 1. The first kappa shape index (κ1) is 17.3. The van der Waals surface area contributed by atoms with Gasteiger partial charge in [0.25, 0.3) is 0 Å². The van der Waals surface area contributed by atoms with Crippen molar-refractivity contribution in [1.82, 2.24) is 4.98 Å². The number of fused-ring (bicyclic) bond motifs is 1. The lowest BCUT2D eigenvalue weighted by atomic mass is 10.0. The average molecular weight is 351 g/mol. The molecule has 0 saturated heterocycles. The number of ketones is 1. The monoisotopic (exact) mass is 351 g/mol. The quantitative estimate of drug-likeness (QED) is 0.489. The largest absolute Gasteiger partial charge is 0.506 e. The van der Waals surface area contributed by atoms with Gasteiger partial charge >= 0.3 is 0 Å². The second kappa shape index (κ2) is 6.76. The number of Topliss-reactive ketones (excluding diaryl/α,β-unsaturated/α-hetero) is 1. The van der Waals surface area contributed by atoms with Gasteiger partial charge in [0.2, 0.25) is 5.75 Å². The molecule has 3 N–H and O–H groups in total. The molecule has 0 aliphatic rings. The van der Waals surface area contributed by atoms with Gasteiger partial charge in [-0.1, -0.05) is 6.08 Å². The van der Waals surface area contributed by atoms with E-state index in [-0.39, 0.29) is 28.8 Å². The number of aromatic hydroxyl groups is 3. The minimum absolute atomic E-state index is 0.0100. The van der Waals surface area contributed by atoms with Gasteiger partial charge in [-0.3, -0.25) is 4.79 Å². The van der Waals surface area contributed by atoms with E-state index in [4.69, 9.17) is 4.74 Å². The SMILES string of the molecule is COc1cc(/C=C/c2ccc3c(C(C)=O)ccc(O)c3n2)cc(O)c1O. The van der Waals surface area contributed by atoms with Gasteiger partial charge in [0, 0.05) is 10.9 Å². The van der Waals surface area contributed by atoms with Crippen LogP contribution in [-0.2, 0) is 0 Å². The Morgan fingerprint density at radius 3 is 2.50 bits per heavy atom. The van der Waals surface area contributed by atoms with Crippen molar-refractivity contribution in [1.29, 1.82) is 0 Å². The van der Waals surface area contributed by atoms with E-state index in [1.54, 1.807) is 36.4 Å². The molecule has 0 fully saturated rings. The molecular weight excluding hydrogens is 334 g/mol. The second-order valence-corrected chi connectivity index (χ2v) is 5.74. The van der Waals surface area contributed by atoms with Gasteiger partial charge in [-0.25, -0.2) is 4.98 Å². The molecule has 0 saturated carbocycles. The van der Waals surface area contributed by atoms with E-state index in [2.05, 4.69) is 4.98 Å². The molecule has 0 amide bonds. The summed E-state index contributed by atoms with van der Waals surface area (Å²) in [5.74, 6) is -0.579. The van der Waals surface area contributed by atoms with Gasteiger partial charge in [-0.2, -0.15) is 0 Å². The lowest BCUT2D eigenvalue weighted by Gasteiger charge is -2.07. The maximum Gasteiger partial charge on any atom is 0.200 e. The number of phenols is 3. The zero-order valence-corrected chi connectivity index (χ0v) is 14.2. The van der Waals surface area contributed by atoms with Crippen LogP contribution < -0.4 is 4.74 Å². The molecule has 3 aromatic rings. The number of rotatable bonds is 4. The Hall–Kier alpha value is -3.54. The molecule has 0 unspecified atom stereocenters. The smallest absolute Gasteiger partial charge is 0.200 e. The summed E-state index contributed by atoms with van der Waals surface area (Å²) in [6.45, 7) is 1.46. The van der Waals surface area contributed by atoms with E-state index < -0.39 is 0 Å². The fourth-order valence-corrected chi connectivity index (χ4v) is 2.66. The molecule has 1 aromatic heterocycles. The molecule has 0 radical (unpaired) electrons. The van der Waals surface area contributed by atoms with Crippen LogP contribution >= 0.6 is 0 Å². The first-order valence-corrected chi connectivity index (χ1v) is 7.82. The van der Waals surface area contributed by atoms with Crippen LogP contribution in [0.5, 0.6) is 23.0 Å². The summed E-state index contributed by atoms with van der Waals surface area (Å²) in [4.78, 5) is 16.1. The van der Waals surface area contributed by atoms with Gasteiger partial charge in [0.05, 0.1) is 12.8 Å². The molecule has 0 atom stereocenters. The Bertz CT molecular complexity index is 1040. The number of benzene rings is 2. The number of aromatic nitrogens is 1. The summed E-state index contributed by atoms with van der Waals surface area (Å²) >= 11 is 0. The number of carbonyl (C=O) groups is 1. The number of methoxy groups -OCH3 is 1. The Balaban J connectivity index is 2.02. The number of hydrogen-bond acceptors (Lipinski definition) is 6. The molecule has 0 aliphatic heterocycles. The molecule has 1 heterocycles. The molecule has 0 spiro atoms. The maximum atomic E-state index is 11.7. The van der Waals surface area contributed by atoms with Crippen molar-refractivity contribution < 1.29 is 24.9 Å². The van der Waals surface area contributed by atoms with Crippen molar-refractivity contribution >= 4 is 28.8 Å². The van der Waals surface area contributed by atoms with E-state index in [9.17, 15) is 20.1 Å². The lowest BCUT2D eigenvalue weighted by molar-refractivity contribution is 0.101. The minimum Gasteiger partial charge on any atom is -0.506 e. The molecular formula is C20H17NO5. The summed E-state index contributed by atoms with van der Waals surface area (Å²) in [5.41, 5.74) is 1.99. The van der Waals surface area contributed by atoms with Crippen LogP contribution in [0.4, 0.5) is 0 Å². The third kappa shape index (κ3) is 3.17. The Labute approximate surface area is 149 Å². The lowest BCUT2D eigenvalue weighted by Crippen LogP contribution is -1.95. The van der Waals surface area contributed by atoms with Crippen LogP contribution in [-0.4, -0.2) is 33.2 Å². The molecule has 6 nitrogen and oxygen atoms in total. The Kier molecular flexibility index (Phi) is 4.49. The number of phenolic OH excluding ortho intramolecular Hbond substituents is 3. The van der Waals surface area contributed by atoms with Gasteiger partial charge in [-0.05, 0) is 55.0 Å². The number of ether oxygens (including phenoxy) is 1. The highest BCUT2D eigenvalue weighted by Gasteiger charge is 2.11. The number of hydrogen-bond donors (Lipinski definition) is 3. The van der Waals surface area contributed by atoms with Crippen LogP contribution in [0.15, 0.2) is 36.4 Å². The summed E-state index contributed by atoms with van der Waals surface area (Å²) < 4.78 is 5.00. The molecule has 6 heteroatoms. The van der Waals surface area contributed by atoms with E-state index >= 15 is 0 Å². The van der Waals surface area contributed by atoms with Crippen molar-refractivity contribution in [3.63, 3.8) is 0 Å². The van der Waals surface area contributed by atoms with Crippen molar-refractivity contribution in [2.24, 2.45) is 0 Å². The highest BCUT2D eigenvalue weighted by molar-refractivity contribution is 6.07. The number of carbonyl (C=O) groups excluding carboxylic acids is 1. The van der Waals surface area contributed by atoms with Crippen LogP contribution in [0.3, 0.4) is 0 Å². The Morgan fingerprint density at radius 2 is 1.81 bits per heavy atom. The molecule has 26 heavy (non-hydrogen) atoms. The fraction of sp³-hybridized carbons (Fsp3) is 0.100. The van der Waals surface area contributed by atoms with Crippen molar-refractivity contribution in [2.75, 3.05) is 7.11 Å². The van der Waals surface area contributed by atoms with E-state index in [0.717, 1.165) is 0 Å². The normalized spacial score (nSPS) is 11.2. The third-order valence-corrected chi connectivity index (χ3v) is 3.98. The third-order valence-electron chi connectivity index (χ3n) is 3.98. The van der Waals surface area contributed by atoms with Gasteiger partial charge < -0.3 is 20.1 Å². The van der Waals surface area contributed by atoms with Crippen LogP contribution in [0.1, 0.15) is 28.5 Å². The summed E-state index contributed by atoms with van der Waals surface area (Å²) in [5, 5.41) is 30.0. The fourth-order valence-electron chi connectivity index (χ4n) is 2.66. The molecule has 3 rings (SSSR count). The minimum atomic E-state index is -0.324. The topological polar surface area (TPSA) is 99.9 Å². The van der Waals surface area contributed by atoms with Crippen molar-refractivity contribution in [3.05, 3.63) is 53.2 Å². The zero-order chi connectivity index (χ0) is 18.8. The predicted molar refractivity (Wildman–Crippen MR) is 98.7 cm³/mol. The first-order valence-electron chi connectivity index (χ1n) is 7.82. The highest BCUT2D eigenvalue weighted by atomic mass is 16.5. The zero-order valence-electron chi connectivity index (χ0n) is 14.2. The van der Waals surface area contributed by atoms with E-state index in [1.807, 2.05) is 0 Å². The van der Waals surface area contributed by atoms with Gasteiger partial charge in [0.1, 0.15) is 11.3 Å². The standard InChI is InChI=1S/C20H17NO5/c1-11(22)14-7-8-16(23)19-15(14)6-5-13(21-19)4-3-12-9-17(24)20(25)18(10-12)26-2/h3-10,23-25H,1-2H3/b4-3+. The van der Waals surface area contributed by atoms with Crippen LogP contribution in [0, 0.1) is 0 Å². The number of nitrogens with zero attached hydrogens (tertiary/aromatic N) is 1. The molecule has 0 aliphatic carbocycles. The van der Waals surface area contributed by atoms with Gasteiger partial charge in [0.15, 0.2) is 17.3 Å². The molecule has 0 bridgehead atoms. The Morgan fingerprint density at radius 1 is 1.04 bits per heavy atom. The van der Waals surface area contributed by atoms with E-state index in [0.29, 0.717) is 27.7 Å². The van der Waals surface area contributed by atoms with Crippen molar-refractivity contribution in [3.8, 4) is 23.0 Å². The predicted octanol–water partition coefficient (Wildman–Crippen LogP) is 3.73. The van der Waals surface area contributed by atoms with Crippen LogP contribution in [0.2, 0.25) is 0 Å². The van der Waals surface area contributed by atoms with Crippen molar-refractivity contribution in [2.45, 2.75) is 6.92 Å². The van der Waals surface area contributed by atoms with Crippen LogP contribution in [0.25, 0.3) is 23.1 Å². The summed E-state index contributed by atoms with van der Waals surface area (Å²) in [7, 11) is 1.39. The summed E-state index contributed by atoms with van der Waals surface area (Å²) in [6, 6.07) is 9.43. The first-order chi connectivity index (χ1) is 12.4. The van der Waals surface area contributed by atoms with E-state index in [1.165, 1.54) is 26.2 Å². The van der Waals surface area contributed by atoms with Gasteiger partial charge in [-0.15, -0.1) is 0 Å². The molecule has 132 valence electrons. The average Bonchev–Trinajstić information content (AvgIpc) is 2.62. The maximum absolute atomic E-state index is 11.7. The molecule has 2 aromatic carbocycles. The summed E-state index contributed by atoms with van der Waals surface area (Å²) in [6.07, 6.45) is 3.37. The second-order valence-electron chi connectivity index (χ2n) is 5.74. The highest BCUT2D eigenvalue weighted by Crippen LogP contribution is 2.36.